The first-order valence-corrected chi connectivity index (χ1v) is 3.59. The van der Waals surface area contributed by atoms with E-state index in [2.05, 4.69) is 5.54 Å². The van der Waals surface area contributed by atoms with Crippen LogP contribution < -0.4 is 0 Å². The van der Waals surface area contributed by atoms with Gasteiger partial charge in [-0.2, -0.15) is 0 Å². The molecular weight excluding hydrogens is 181 g/mol. The molecule has 0 atom stereocenters. The first-order chi connectivity index (χ1) is 2.50. The average Bonchev–Trinajstić information content (AvgIpc) is 1.76. The Hall–Kier alpha value is 0.981. The summed E-state index contributed by atoms with van der Waals surface area (Å²) in [5.74, 6) is 0. The standard InChI is InChI=1S/C3H3NXe/c1-2-5-3-4-1/h1-3H. The summed E-state index contributed by atoms with van der Waals surface area (Å²) in [6.45, 7) is 0. The van der Waals surface area contributed by atoms with Gasteiger partial charge in [-0.05, 0) is 0 Å². The van der Waals surface area contributed by atoms with Crippen molar-refractivity contribution >= 4 is 0.683 Å². The van der Waals surface area contributed by atoms with Gasteiger partial charge in [0.05, 0.1) is 0 Å². The maximum absolute atomic E-state index is 3.82. The number of hydrogen-bond donors (Lipinski definition) is 0. The van der Waals surface area contributed by atoms with Gasteiger partial charge in [0.1, 0.15) is 0 Å². The Morgan fingerprint density at radius 3 is 2.80 bits per heavy atom. The summed E-state index contributed by atoms with van der Waals surface area (Å²) >= 11 is 0.408. The van der Waals surface area contributed by atoms with Crippen molar-refractivity contribution in [1.29, 1.82) is 0 Å². The van der Waals surface area contributed by atoms with Crippen LogP contribution in [-0.2, 0) is 0 Å². The molecule has 0 aromatic carbocycles. The van der Waals surface area contributed by atoms with E-state index in [0.29, 0.717) is 44.2 Å². The molecular formula is C3H3NXe. The fourth-order valence-electron chi connectivity index (χ4n) is 0.152. The Kier molecular flexibility index (Phi) is 1.83. The van der Waals surface area contributed by atoms with Crippen molar-refractivity contribution in [3.8, 4) is 0 Å². The molecule has 1 aliphatic heterocycles. The first kappa shape index (κ1) is 4.15. The van der Waals surface area contributed by atoms with E-state index in [1.165, 1.54) is 0 Å². The van der Waals surface area contributed by atoms with E-state index >= 15 is 0 Å². The number of hydrogen-bond acceptors (Lipinski definition) is 1. The molecule has 1 aliphatic rings. The second-order valence-corrected chi connectivity index (χ2v) is 2.49. The fraction of sp³-hybridized carbons (Fsp3) is 0. The Morgan fingerprint density at radius 2 is 2.60 bits per heavy atom. The maximum atomic E-state index is 3.82. The van der Waals surface area contributed by atoms with E-state index in [1.807, 2.05) is 6.88 Å². The summed E-state index contributed by atoms with van der Waals surface area (Å²) in [5.41, 5.74) is 0. The van der Waals surface area contributed by atoms with Crippen molar-refractivity contribution in [1.82, 2.24) is 0 Å². The van der Waals surface area contributed by atoms with Crippen LogP contribution in [-0.4, -0.2) is 0.683 Å². The van der Waals surface area contributed by atoms with Crippen molar-refractivity contribution in [3.05, 3.63) is 6.74 Å². The summed E-state index contributed by atoms with van der Waals surface area (Å²) in [6, 6.07) is 0. The van der Waals surface area contributed by atoms with Crippen LogP contribution in [0, 0.1) is 44.2 Å². The van der Waals surface area contributed by atoms with E-state index in [-0.39, 0.29) is 0 Å². The second-order valence-electron chi connectivity index (χ2n) is 0.625. The Balaban J connectivity index is 2.61. The monoisotopic (exact) mass is 185 g/mol. The van der Waals surface area contributed by atoms with E-state index in [1.54, 1.807) is 0 Å². The van der Waals surface area contributed by atoms with E-state index in [9.17, 15) is 0 Å². The molecule has 0 aromatic heterocycles. The summed E-state index contributed by atoms with van der Waals surface area (Å²) < 4.78 is 4.07. The van der Waals surface area contributed by atoms with Crippen molar-refractivity contribution < 1.29 is 44.2 Å². The number of aliphatic imine (C=N–C) groups is 1. The van der Waals surface area contributed by atoms with Gasteiger partial charge >= 0.3 is 56.6 Å². The van der Waals surface area contributed by atoms with Crippen LogP contribution in [0.5, 0.6) is 0 Å². The van der Waals surface area contributed by atoms with Crippen molar-refractivity contribution in [2.75, 3.05) is 0 Å². The fourth-order valence-corrected chi connectivity index (χ4v) is 1.02. The van der Waals surface area contributed by atoms with E-state index in [0.717, 1.165) is 0 Å². The zero-order valence-corrected chi connectivity index (χ0v) is 4.55. The van der Waals surface area contributed by atoms with Gasteiger partial charge in [-0.3, -0.25) is 0 Å². The predicted molar refractivity (Wildman–Crippen MR) is 17.6 cm³/mol. The Labute approximate surface area is 55.5 Å². The van der Waals surface area contributed by atoms with Gasteiger partial charge in [0.25, 0.3) is 0 Å². The molecule has 0 amide bonds. The zero-order chi connectivity index (χ0) is 3.54. The molecule has 0 N–H and O–H groups in total. The molecule has 0 radical (unpaired) electrons. The Bertz CT molecular complexity index is 65.0. The molecule has 0 bridgehead atoms. The van der Waals surface area contributed by atoms with Gasteiger partial charge in [0, 0.05) is 0 Å². The van der Waals surface area contributed by atoms with Crippen LogP contribution in [0.1, 0.15) is 0 Å². The van der Waals surface area contributed by atoms with Crippen LogP contribution in [0.2, 0.25) is 0 Å². The van der Waals surface area contributed by atoms with Crippen molar-refractivity contribution in [3.63, 3.8) is 0 Å². The molecule has 0 saturated heterocycles. The third-order valence-electron chi connectivity index (χ3n) is 0.312. The third kappa shape index (κ3) is 1.24. The van der Waals surface area contributed by atoms with Crippen LogP contribution in [0.4, 0.5) is 0 Å². The van der Waals surface area contributed by atoms with Crippen LogP contribution in [0.15, 0.2) is 11.7 Å². The minimum atomic E-state index is 0.408. The van der Waals surface area contributed by atoms with Gasteiger partial charge in [-0.1, -0.05) is 0 Å². The molecule has 1 nitrogen and oxygen atoms in total. The van der Waals surface area contributed by atoms with Crippen molar-refractivity contribution in [2.24, 2.45) is 4.99 Å². The molecule has 0 aliphatic carbocycles. The summed E-state index contributed by atoms with van der Waals surface area (Å²) in [7, 11) is 0. The molecule has 0 spiro atoms. The second kappa shape index (κ2) is 2.21. The predicted octanol–water partition coefficient (Wildman–Crippen LogP) is 0.585. The third-order valence-corrected chi connectivity index (χ3v) is 1.60. The molecule has 1 rings (SSSR count). The van der Waals surface area contributed by atoms with Crippen LogP contribution >= 0.6 is 0 Å². The SMILES string of the molecule is C1=C[Xe]C=N1. The molecule has 1 heterocycles. The molecule has 0 saturated carbocycles. The molecule has 5 heavy (non-hydrogen) atoms. The Morgan fingerprint density at radius 1 is 1.60 bits per heavy atom. The average molecular weight is 184 g/mol. The summed E-state index contributed by atoms with van der Waals surface area (Å²) in [6.07, 6.45) is 1.85. The van der Waals surface area contributed by atoms with Crippen LogP contribution in [0.3, 0.4) is 0 Å². The topological polar surface area (TPSA) is 12.4 Å². The minimum absolute atomic E-state index is 0.408. The van der Waals surface area contributed by atoms with E-state index < -0.39 is 0 Å². The van der Waals surface area contributed by atoms with Gasteiger partial charge in [0.15, 0.2) is 0 Å². The normalized spacial score (nSPS) is 19.2. The zero-order valence-electron chi connectivity index (χ0n) is 2.53. The molecule has 0 fully saturated rings. The molecule has 2 heteroatoms. The van der Waals surface area contributed by atoms with Crippen molar-refractivity contribution in [2.45, 2.75) is 0 Å². The number of nitrogens with zero attached hydrogens (tertiary/aromatic N) is 1. The molecule has 0 aromatic rings. The molecule has 28 valence electrons. The summed E-state index contributed by atoms with van der Waals surface area (Å²) in [4.78, 5) is 3.82. The van der Waals surface area contributed by atoms with E-state index in [4.69, 9.17) is 0 Å². The summed E-state index contributed by atoms with van der Waals surface area (Å²) in [5, 5.41) is 0. The van der Waals surface area contributed by atoms with Gasteiger partial charge in [0.2, 0.25) is 0 Å². The quantitative estimate of drug-likeness (QED) is 0.522. The van der Waals surface area contributed by atoms with Gasteiger partial charge < -0.3 is 0 Å². The number of rotatable bonds is 0. The molecule has 0 unspecified atom stereocenters. The van der Waals surface area contributed by atoms with Crippen LogP contribution in [0.25, 0.3) is 0 Å². The first-order valence-electron chi connectivity index (χ1n) is 1.26. The van der Waals surface area contributed by atoms with Gasteiger partial charge in [-0.15, -0.1) is 0 Å². The van der Waals surface area contributed by atoms with Gasteiger partial charge in [-0.25, -0.2) is 0 Å².